The summed E-state index contributed by atoms with van der Waals surface area (Å²) >= 11 is 0. The average Bonchev–Trinajstić information content (AvgIpc) is 2.90. The van der Waals surface area contributed by atoms with Crippen LogP contribution in [0.1, 0.15) is 10.6 Å². The first-order valence-corrected chi connectivity index (χ1v) is 6.25. The Kier molecular flexibility index (Phi) is 2.95. The van der Waals surface area contributed by atoms with Crippen LogP contribution in [-0.2, 0) is 4.79 Å². The van der Waals surface area contributed by atoms with E-state index in [1.165, 1.54) is 0 Å². The molecule has 1 aliphatic heterocycles. The molecule has 5 heteroatoms. The summed E-state index contributed by atoms with van der Waals surface area (Å²) in [5.74, 6) is 0.252. The summed E-state index contributed by atoms with van der Waals surface area (Å²) in [5.41, 5.74) is 0.720. The van der Waals surface area contributed by atoms with Gasteiger partial charge in [-0.2, -0.15) is 0 Å². The van der Waals surface area contributed by atoms with Crippen molar-refractivity contribution in [2.45, 2.75) is 0 Å². The number of piperazine rings is 1. The second-order valence-electron chi connectivity index (χ2n) is 4.58. The van der Waals surface area contributed by atoms with Gasteiger partial charge in [-0.15, -0.1) is 0 Å². The molecule has 0 radical (unpaired) electrons. The van der Waals surface area contributed by atoms with Gasteiger partial charge in [0.2, 0.25) is 6.41 Å². The summed E-state index contributed by atoms with van der Waals surface area (Å²) < 4.78 is 5.56. The monoisotopic (exact) mass is 258 g/mol. The number of nitrogens with zero attached hydrogens (tertiary/aromatic N) is 2. The van der Waals surface area contributed by atoms with Gasteiger partial charge in [-0.05, 0) is 12.1 Å². The molecule has 0 bridgehead atoms. The van der Waals surface area contributed by atoms with E-state index in [1.54, 1.807) is 15.9 Å². The second kappa shape index (κ2) is 4.76. The number of rotatable bonds is 2. The Morgan fingerprint density at radius 3 is 2.58 bits per heavy atom. The van der Waals surface area contributed by atoms with Crippen molar-refractivity contribution in [1.82, 2.24) is 9.80 Å². The smallest absolute Gasteiger partial charge is 0.289 e. The summed E-state index contributed by atoms with van der Waals surface area (Å²) in [6.07, 6.45) is 0.822. The van der Waals surface area contributed by atoms with Crippen molar-refractivity contribution in [3.8, 4) is 0 Å². The summed E-state index contributed by atoms with van der Waals surface area (Å²) in [5, 5.41) is 0.928. The first-order valence-electron chi connectivity index (χ1n) is 6.25. The highest BCUT2D eigenvalue weighted by molar-refractivity contribution is 5.96. The molecule has 0 saturated carbocycles. The predicted octanol–water partition coefficient (Wildman–Crippen LogP) is 1.35. The quantitative estimate of drug-likeness (QED) is 0.764. The molecular weight excluding hydrogens is 244 g/mol. The van der Waals surface area contributed by atoms with Crippen molar-refractivity contribution in [3.63, 3.8) is 0 Å². The molecule has 0 atom stereocenters. The Morgan fingerprint density at radius 1 is 1.16 bits per heavy atom. The first-order chi connectivity index (χ1) is 9.28. The number of furan rings is 1. The molecule has 2 amide bonds. The second-order valence-corrected chi connectivity index (χ2v) is 4.58. The van der Waals surface area contributed by atoms with Crippen LogP contribution in [0.2, 0.25) is 0 Å². The predicted molar refractivity (Wildman–Crippen MR) is 69.8 cm³/mol. The number of benzene rings is 1. The highest BCUT2D eigenvalue weighted by Gasteiger charge is 2.23. The molecule has 0 aliphatic carbocycles. The number of para-hydroxylation sites is 1. The molecule has 19 heavy (non-hydrogen) atoms. The van der Waals surface area contributed by atoms with Crippen LogP contribution < -0.4 is 0 Å². The lowest BCUT2D eigenvalue weighted by Gasteiger charge is -2.31. The van der Waals surface area contributed by atoms with E-state index in [9.17, 15) is 9.59 Å². The molecule has 1 aliphatic rings. The lowest BCUT2D eigenvalue weighted by Crippen LogP contribution is -2.48. The number of carbonyl (C=O) groups is 2. The Balaban J connectivity index is 1.78. The SMILES string of the molecule is O=CN1CCN(C(=O)c2cc3ccccc3o2)CC1. The molecule has 2 heterocycles. The van der Waals surface area contributed by atoms with E-state index in [0.29, 0.717) is 31.9 Å². The van der Waals surface area contributed by atoms with Crippen LogP contribution >= 0.6 is 0 Å². The Morgan fingerprint density at radius 2 is 1.89 bits per heavy atom. The zero-order chi connectivity index (χ0) is 13.2. The van der Waals surface area contributed by atoms with Crippen LogP contribution in [-0.4, -0.2) is 48.3 Å². The van der Waals surface area contributed by atoms with E-state index in [2.05, 4.69) is 0 Å². The zero-order valence-electron chi connectivity index (χ0n) is 10.4. The van der Waals surface area contributed by atoms with Crippen molar-refractivity contribution in [1.29, 1.82) is 0 Å². The standard InChI is InChI=1S/C14H14N2O3/c17-10-15-5-7-16(8-6-15)14(18)13-9-11-3-1-2-4-12(11)19-13/h1-4,9-10H,5-8H2. The summed E-state index contributed by atoms with van der Waals surface area (Å²) in [6.45, 7) is 2.26. The van der Waals surface area contributed by atoms with E-state index in [-0.39, 0.29) is 5.91 Å². The minimum absolute atomic E-state index is 0.109. The minimum Gasteiger partial charge on any atom is -0.451 e. The van der Waals surface area contributed by atoms with Crippen LogP contribution in [0.4, 0.5) is 0 Å². The molecule has 5 nitrogen and oxygen atoms in total. The third kappa shape index (κ3) is 2.19. The molecule has 1 aromatic heterocycles. The number of fused-ring (bicyclic) bond motifs is 1. The van der Waals surface area contributed by atoms with E-state index in [1.807, 2.05) is 24.3 Å². The Labute approximate surface area is 110 Å². The summed E-state index contributed by atoms with van der Waals surface area (Å²) in [4.78, 5) is 26.3. The number of hydrogen-bond acceptors (Lipinski definition) is 3. The van der Waals surface area contributed by atoms with Crippen LogP contribution in [0.5, 0.6) is 0 Å². The van der Waals surface area contributed by atoms with Gasteiger partial charge in [-0.1, -0.05) is 18.2 Å². The summed E-state index contributed by atoms with van der Waals surface area (Å²) in [6, 6.07) is 9.32. The molecule has 0 unspecified atom stereocenters. The topological polar surface area (TPSA) is 53.8 Å². The zero-order valence-corrected chi connectivity index (χ0v) is 10.4. The maximum Gasteiger partial charge on any atom is 0.289 e. The van der Waals surface area contributed by atoms with E-state index < -0.39 is 0 Å². The van der Waals surface area contributed by atoms with Crippen LogP contribution in [0.15, 0.2) is 34.7 Å². The Hall–Kier alpha value is -2.30. The average molecular weight is 258 g/mol. The fraction of sp³-hybridized carbons (Fsp3) is 0.286. The van der Waals surface area contributed by atoms with E-state index >= 15 is 0 Å². The van der Waals surface area contributed by atoms with Crippen LogP contribution in [0, 0.1) is 0 Å². The molecule has 98 valence electrons. The van der Waals surface area contributed by atoms with Crippen molar-refractivity contribution < 1.29 is 14.0 Å². The van der Waals surface area contributed by atoms with Gasteiger partial charge in [0.15, 0.2) is 5.76 Å². The van der Waals surface area contributed by atoms with Crippen LogP contribution in [0.3, 0.4) is 0 Å². The van der Waals surface area contributed by atoms with Gasteiger partial charge >= 0.3 is 0 Å². The molecule has 1 fully saturated rings. The maximum absolute atomic E-state index is 12.3. The van der Waals surface area contributed by atoms with Crippen molar-refractivity contribution >= 4 is 23.3 Å². The number of hydrogen-bond donors (Lipinski definition) is 0. The van der Waals surface area contributed by atoms with Gasteiger partial charge in [0, 0.05) is 31.6 Å². The first kappa shape index (κ1) is 11.8. The Bertz CT molecular complexity index is 579. The molecule has 3 rings (SSSR count). The van der Waals surface area contributed by atoms with E-state index in [4.69, 9.17) is 4.42 Å². The molecule has 1 aromatic carbocycles. The lowest BCUT2D eigenvalue weighted by atomic mass is 10.2. The largest absolute Gasteiger partial charge is 0.451 e. The number of amides is 2. The highest BCUT2D eigenvalue weighted by atomic mass is 16.3. The van der Waals surface area contributed by atoms with Crippen molar-refractivity contribution in [2.75, 3.05) is 26.2 Å². The molecule has 0 N–H and O–H groups in total. The van der Waals surface area contributed by atoms with Gasteiger partial charge in [0.05, 0.1) is 0 Å². The fourth-order valence-corrected chi connectivity index (χ4v) is 2.27. The molecule has 1 saturated heterocycles. The normalized spacial score (nSPS) is 15.8. The van der Waals surface area contributed by atoms with Gasteiger partial charge in [-0.25, -0.2) is 0 Å². The van der Waals surface area contributed by atoms with Gasteiger partial charge in [-0.3, -0.25) is 9.59 Å². The third-order valence-corrected chi connectivity index (χ3v) is 3.39. The van der Waals surface area contributed by atoms with E-state index in [0.717, 1.165) is 17.4 Å². The highest BCUT2D eigenvalue weighted by Crippen LogP contribution is 2.20. The lowest BCUT2D eigenvalue weighted by molar-refractivity contribution is -0.119. The third-order valence-electron chi connectivity index (χ3n) is 3.39. The maximum atomic E-state index is 12.3. The van der Waals surface area contributed by atoms with Crippen LogP contribution in [0.25, 0.3) is 11.0 Å². The van der Waals surface area contributed by atoms with Crippen molar-refractivity contribution in [2.24, 2.45) is 0 Å². The van der Waals surface area contributed by atoms with Gasteiger partial charge in [0.1, 0.15) is 5.58 Å². The molecular formula is C14H14N2O3. The summed E-state index contributed by atoms with van der Waals surface area (Å²) in [7, 11) is 0. The van der Waals surface area contributed by atoms with Gasteiger partial charge < -0.3 is 14.2 Å². The molecule has 0 spiro atoms. The number of carbonyl (C=O) groups excluding carboxylic acids is 2. The fourth-order valence-electron chi connectivity index (χ4n) is 2.27. The van der Waals surface area contributed by atoms with Gasteiger partial charge in [0.25, 0.3) is 5.91 Å². The minimum atomic E-state index is -0.109. The van der Waals surface area contributed by atoms with Crippen molar-refractivity contribution in [3.05, 3.63) is 36.1 Å². The molecule has 2 aromatic rings.